The van der Waals surface area contributed by atoms with Gasteiger partial charge < -0.3 is 9.97 Å². The fourth-order valence-electron chi connectivity index (χ4n) is 5.21. The van der Waals surface area contributed by atoms with Crippen LogP contribution in [0.1, 0.15) is 31.8 Å². The molecule has 2 aromatic heterocycles. The molecule has 0 aliphatic rings. The minimum absolute atomic E-state index is 0.0797. The second-order valence-corrected chi connectivity index (χ2v) is 9.03. The first kappa shape index (κ1) is 20.4. The van der Waals surface area contributed by atoms with E-state index in [-0.39, 0.29) is 11.6 Å². The normalized spacial score (nSPS) is 11.6. The summed E-state index contributed by atoms with van der Waals surface area (Å²) >= 11 is 0. The van der Waals surface area contributed by atoms with Crippen LogP contribution in [-0.4, -0.2) is 21.5 Å². The number of rotatable bonds is 4. The van der Waals surface area contributed by atoms with Gasteiger partial charge in [-0.1, -0.05) is 84.9 Å². The highest BCUT2D eigenvalue weighted by Gasteiger charge is 2.18. The maximum atomic E-state index is 13.5. The van der Waals surface area contributed by atoms with Crippen molar-refractivity contribution in [2.75, 3.05) is 0 Å². The van der Waals surface area contributed by atoms with E-state index < -0.39 is 0 Å². The van der Waals surface area contributed by atoms with Crippen molar-refractivity contribution in [2.24, 2.45) is 0 Å². The molecule has 170 valence electrons. The van der Waals surface area contributed by atoms with E-state index in [1.165, 1.54) is 0 Å². The highest BCUT2D eigenvalue weighted by Crippen LogP contribution is 2.30. The average molecular weight is 465 g/mol. The predicted octanol–water partition coefficient (Wildman–Crippen LogP) is 7.42. The van der Waals surface area contributed by atoms with Crippen LogP contribution in [0.4, 0.5) is 0 Å². The van der Waals surface area contributed by atoms with E-state index >= 15 is 0 Å². The zero-order valence-electron chi connectivity index (χ0n) is 19.2. The van der Waals surface area contributed by atoms with E-state index in [2.05, 4.69) is 22.1 Å². The van der Waals surface area contributed by atoms with Gasteiger partial charge in [0.05, 0.1) is 11.0 Å². The third-order valence-electron chi connectivity index (χ3n) is 6.98. The van der Waals surface area contributed by atoms with E-state index in [0.29, 0.717) is 22.3 Å². The monoisotopic (exact) mass is 464 g/mol. The molecule has 0 aliphatic heterocycles. The Labute approximate surface area is 206 Å². The van der Waals surface area contributed by atoms with Crippen LogP contribution < -0.4 is 0 Å². The lowest BCUT2D eigenvalue weighted by atomic mass is 9.96. The van der Waals surface area contributed by atoms with Crippen LogP contribution in [0, 0.1) is 0 Å². The van der Waals surface area contributed by atoms with Gasteiger partial charge in [-0.25, -0.2) is 0 Å². The van der Waals surface area contributed by atoms with Gasteiger partial charge in [0.2, 0.25) is 0 Å². The third kappa shape index (κ3) is 3.01. The molecule has 0 spiro atoms. The molecule has 0 unspecified atom stereocenters. The first-order chi connectivity index (χ1) is 17.7. The minimum Gasteiger partial charge on any atom is -0.354 e. The molecule has 7 aromatic rings. The van der Waals surface area contributed by atoms with Crippen LogP contribution in [0.25, 0.3) is 43.6 Å². The van der Waals surface area contributed by atoms with Crippen LogP contribution in [0.2, 0.25) is 0 Å². The van der Waals surface area contributed by atoms with Gasteiger partial charge >= 0.3 is 0 Å². The zero-order chi connectivity index (χ0) is 24.2. The summed E-state index contributed by atoms with van der Waals surface area (Å²) < 4.78 is 0. The Morgan fingerprint density at radius 2 is 0.806 bits per heavy atom. The molecular weight excluding hydrogens is 444 g/mol. The lowest BCUT2D eigenvalue weighted by Gasteiger charge is -2.06. The van der Waals surface area contributed by atoms with E-state index in [4.69, 9.17) is 0 Å². The van der Waals surface area contributed by atoms with Crippen molar-refractivity contribution in [3.05, 3.63) is 131 Å². The number of nitrogens with one attached hydrogen (secondary N) is 2. The first-order valence-corrected chi connectivity index (χ1v) is 11.9. The van der Waals surface area contributed by atoms with E-state index in [1.54, 1.807) is 24.3 Å². The summed E-state index contributed by atoms with van der Waals surface area (Å²) in [5.41, 5.74) is 5.97. The highest BCUT2D eigenvalue weighted by molar-refractivity contribution is 6.22. The molecule has 0 atom stereocenters. The van der Waals surface area contributed by atoms with Gasteiger partial charge in [-0.05, 0) is 24.3 Å². The lowest BCUT2D eigenvalue weighted by Crippen LogP contribution is -2.05. The minimum atomic E-state index is -0.0797. The highest BCUT2D eigenvalue weighted by atomic mass is 16.1. The first-order valence-electron chi connectivity index (χ1n) is 11.9. The molecule has 2 heterocycles. The maximum absolute atomic E-state index is 13.5. The standard InChI is InChI=1S/C32H20N2O2/c35-31(25-11-5-9-23-21-7-1-3-13-27(21)33-29(23)25)19-15-17-20(18-16-19)32(36)26-12-6-10-24-22-8-2-4-14-28(22)34-30(24)26/h1-18,33-34H. The Morgan fingerprint density at radius 3 is 1.25 bits per heavy atom. The molecule has 0 saturated heterocycles. The SMILES string of the molecule is O=C(c1ccc(C(=O)c2cccc3c2[nH]c2ccccc23)cc1)c1cccc2c1[nH]c1ccccc12. The van der Waals surface area contributed by atoms with Gasteiger partial charge in [0.25, 0.3) is 0 Å². The number of carbonyl (C=O) groups excluding carboxylic acids is 2. The van der Waals surface area contributed by atoms with Crippen molar-refractivity contribution in [1.29, 1.82) is 0 Å². The van der Waals surface area contributed by atoms with Gasteiger partial charge in [0.1, 0.15) is 0 Å². The van der Waals surface area contributed by atoms with Crippen molar-refractivity contribution in [1.82, 2.24) is 9.97 Å². The van der Waals surface area contributed by atoms with Gasteiger partial charge in [-0.2, -0.15) is 0 Å². The molecule has 4 heteroatoms. The topological polar surface area (TPSA) is 65.7 Å². The molecule has 5 aromatic carbocycles. The van der Waals surface area contributed by atoms with E-state index in [0.717, 1.165) is 43.6 Å². The second kappa shape index (κ2) is 7.79. The van der Waals surface area contributed by atoms with Crippen molar-refractivity contribution >= 4 is 55.2 Å². The smallest absolute Gasteiger partial charge is 0.195 e. The van der Waals surface area contributed by atoms with Crippen LogP contribution in [0.5, 0.6) is 0 Å². The molecular formula is C32H20N2O2. The summed E-state index contributed by atoms with van der Waals surface area (Å²) in [6.45, 7) is 0. The Morgan fingerprint density at radius 1 is 0.417 bits per heavy atom. The average Bonchev–Trinajstić information content (AvgIpc) is 3.51. The molecule has 0 fully saturated rings. The quantitative estimate of drug-likeness (QED) is 0.266. The number of para-hydroxylation sites is 4. The largest absolute Gasteiger partial charge is 0.354 e. The van der Waals surface area contributed by atoms with Crippen molar-refractivity contribution < 1.29 is 9.59 Å². The number of aromatic amines is 2. The number of carbonyl (C=O) groups is 2. The fraction of sp³-hybridized carbons (Fsp3) is 0. The molecule has 0 saturated carbocycles. The summed E-state index contributed by atoms with van der Waals surface area (Å²) in [5, 5.41) is 4.23. The molecule has 0 aliphatic carbocycles. The number of aromatic nitrogens is 2. The third-order valence-corrected chi connectivity index (χ3v) is 6.98. The van der Waals surface area contributed by atoms with E-state index in [1.807, 2.05) is 72.8 Å². The predicted molar refractivity (Wildman–Crippen MR) is 145 cm³/mol. The number of H-pyrrole nitrogens is 2. The Balaban J connectivity index is 1.26. The van der Waals surface area contributed by atoms with Gasteiger partial charge in [-0.15, -0.1) is 0 Å². The molecule has 36 heavy (non-hydrogen) atoms. The number of hydrogen-bond acceptors (Lipinski definition) is 2. The summed E-state index contributed by atoms with van der Waals surface area (Å²) in [5.74, 6) is -0.159. The van der Waals surface area contributed by atoms with Crippen LogP contribution in [0.15, 0.2) is 109 Å². The van der Waals surface area contributed by atoms with Crippen LogP contribution in [-0.2, 0) is 0 Å². The Hall–Kier alpha value is -4.96. The second-order valence-electron chi connectivity index (χ2n) is 9.03. The number of hydrogen-bond donors (Lipinski definition) is 2. The molecule has 2 N–H and O–H groups in total. The van der Waals surface area contributed by atoms with Crippen LogP contribution >= 0.6 is 0 Å². The number of benzene rings is 5. The summed E-state index contributed by atoms with van der Waals surface area (Å²) in [4.78, 5) is 33.7. The van der Waals surface area contributed by atoms with Gasteiger partial charge in [-0.3, -0.25) is 9.59 Å². The van der Waals surface area contributed by atoms with Crippen molar-refractivity contribution in [3.63, 3.8) is 0 Å². The van der Waals surface area contributed by atoms with Crippen LogP contribution in [0.3, 0.4) is 0 Å². The zero-order valence-corrected chi connectivity index (χ0v) is 19.2. The maximum Gasteiger partial charge on any atom is 0.195 e. The molecule has 0 amide bonds. The fourth-order valence-corrected chi connectivity index (χ4v) is 5.21. The summed E-state index contributed by atoms with van der Waals surface area (Å²) in [6.07, 6.45) is 0. The van der Waals surface area contributed by atoms with E-state index in [9.17, 15) is 9.59 Å². The Kier molecular flexibility index (Phi) is 4.42. The Bertz CT molecular complexity index is 1830. The molecule has 4 nitrogen and oxygen atoms in total. The number of ketones is 2. The van der Waals surface area contributed by atoms with Gasteiger partial charge in [0.15, 0.2) is 11.6 Å². The molecule has 0 radical (unpaired) electrons. The van der Waals surface area contributed by atoms with Gasteiger partial charge in [0, 0.05) is 54.8 Å². The number of fused-ring (bicyclic) bond motifs is 6. The lowest BCUT2D eigenvalue weighted by molar-refractivity contribution is 0.102. The summed E-state index contributed by atoms with van der Waals surface area (Å²) in [6, 6.07) is 34.6. The summed E-state index contributed by atoms with van der Waals surface area (Å²) in [7, 11) is 0. The van der Waals surface area contributed by atoms with Crippen molar-refractivity contribution in [3.8, 4) is 0 Å². The molecule has 7 rings (SSSR count). The molecule has 0 bridgehead atoms. The van der Waals surface area contributed by atoms with Crippen molar-refractivity contribution in [2.45, 2.75) is 0 Å².